The van der Waals surface area contributed by atoms with Gasteiger partial charge < -0.3 is 9.63 Å². The van der Waals surface area contributed by atoms with E-state index in [2.05, 4.69) is 14.9 Å². The normalized spacial score (nSPS) is 13.8. The number of aryl methyl sites for hydroxylation is 2. The van der Waals surface area contributed by atoms with Crippen LogP contribution in [0, 0.1) is 31.4 Å². The van der Waals surface area contributed by atoms with Gasteiger partial charge in [0.05, 0.1) is 28.3 Å². The summed E-state index contributed by atoms with van der Waals surface area (Å²) in [6.07, 6.45) is 2.91. The number of carboxylic acids is 1. The van der Waals surface area contributed by atoms with Crippen LogP contribution in [-0.2, 0) is 24.1 Å². The number of aromatic nitrogens is 4. The van der Waals surface area contributed by atoms with Crippen molar-refractivity contribution in [3.63, 3.8) is 0 Å². The largest absolute Gasteiger partial charge is 0.476 e. The molecule has 3 aromatic heterocycles. The molecule has 5 aromatic rings. The molecule has 2 aromatic carbocycles. The molecule has 222 valence electrons. The summed E-state index contributed by atoms with van der Waals surface area (Å²) >= 11 is -1.30. The topological polar surface area (TPSA) is 143 Å². The second-order valence-electron chi connectivity index (χ2n) is 10.4. The van der Waals surface area contributed by atoms with Gasteiger partial charge in [-0.25, -0.2) is 27.5 Å². The minimum absolute atomic E-state index is 0.107. The van der Waals surface area contributed by atoms with E-state index in [1.807, 2.05) is 0 Å². The lowest BCUT2D eigenvalue weighted by Gasteiger charge is -2.11. The van der Waals surface area contributed by atoms with E-state index in [9.17, 15) is 18.5 Å². The van der Waals surface area contributed by atoms with Crippen LogP contribution in [0.25, 0.3) is 27.5 Å². The standard InChI is InChI=1S/C29H25F2N5O5S2/c1-14-26(15(2)41-34-14)19-12-18(6-7-21(19)30)27-20(9-17-5-8-23(22(31)10-17)35-43(39)40)25(11-16-3-4-16)36(33-27)29-32-24(13-42-29)28(37)38/h5-8,10,12-13,16,35H,3-4,9,11H2,1-2H3,(H,37,38)(H,39,40). The molecule has 6 rings (SSSR count). The average molecular weight is 626 g/mol. The second kappa shape index (κ2) is 11.4. The SMILES string of the molecule is Cc1noc(C)c1-c1cc(-c2nn(-c3nc(C(=O)O)cs3)c(CC3CC3)c2Cc2ccc(NS(=O)O)c(F)c2)ccc1F. The molecule has 0 bridgehead atoms. The Kier molecular flexibility index (Phi) is 7.66. The van der Waals surface area contributed by atoms with Crippen molar-refractivity contribution in [1.82, 2.24) is 19.9 Å². The number of halogens is 2. The fourth-order valence-corrected chi connectivity index (χ4v) is 6.23. The highest BCUT2D eigenvalue weighted by Gasteiger charge is 2.30. The molecule has 1 unspecified atom stereocenters. The predicted molar refractivity (Wildman–Crippen MR) is 157 cm³/mol. The van der Waals surface area contributed by atoms with Gasteiger partial charge in [-0.1, -0.05) is 11.2 Å². The molecular weight excluding hydrogens is 600 g/mol. The highest BCUT2D eigenvalue weighted by Crippen LogP contribution is 2.40. The summed E-state index contributed by atoms with van der Waals surface area (Å²) in [5.74, 6) is -1.46. The number of rotatable bonds is 10. The van der Waals surface area contributed by atoms with E-state index in [1.54, 1.807) is 36.7 Å². The number of aromatic carboxylic acids is 1. The zero-order valence-corrected chi connectivity index (χ0v) is 24.6. The zero-order chi connectivity index (χ0) is 30.4. The fraction of sp³-hybridized carbons (Fsp3) is 0.241. The van der Waals surface area contributed by atoms with Gasteiger partial charge in [0.15, 0.2) is 5.69 Å². The van der Waals surface area contributed by atoms with Gasteiger partial charge in [-0.15, -0.1) is 11.3 Å². The zero-order valence-electron chi connectivity index (χ0n) is 22.9. The number of nitrogens with zero attached hydrogens (tertiary/aromatic N) is 4. The number of carbonyl (C=O) groups is 1. The van der Waals surface area contributed by atoms with Gasteiger partial charge in [0, 0.05) is 28.5 Å². The predicted octanol–water partition coefficient (Wildman–Crippen LogP) is 6.34. The lowest BCUT2D eigenvalue weighted by atomic mass is 9.94. The molecule has 0 spiro atoms. The van der Waals surface area contributed by atoms with Crippen LogP contribution in [0.3, 0.4) is 0 Å². The first-order chi connectivity index (χ1) is 20.6. The molecule has 1 fully saturated rings. The molecular formula is C29H25F2N5O5S2. The number of carboxylic acid groups (broad SMARTS) is 1. The molecule has 0 saturated heterocycles. The van der Waals surface area contributed by atoms with E-state index >= 15 is 4.39 Å². The first kappa shape index (κ1) is 28.8. The summed E-state index contributed by atoms with van der Waals surface area (Å²) < 4.78 is 59.4. The van der Waals surface area contributed by atoms with Gasteiger partial charge >= 0.3 is 5.97 Å². The molecule has 1 atom stereocenters. The molecule has 43 heavy (non-hydrogen) atoms. The van der Waals surface area contributed by atoms with E-state index in [0.29, 0.717) is 56.9 Å². The molecule has 3 N–H and O–H groups in total. The minimum atomic E-state index is -2.44. The summed E-state index contributed by atoms with van der Waals surface area (Å²) in [6.45, 7) is 3.44. The average Bonchev–Trinajstić information content (AvgIpc) is 3.35. The Morgan fingerprint density at radius 3 is 2.60 bits per heavy atom. The smallest absolute Gasteiger partial charge is 0.355 e. The van der Waals surface area contributed by atoms with Crippen LogP contribution < -0.4 is 4.72 Å². The first-order valence-electron chi connectivity index (χ1n) is 13.3. The summed E-state index contributed by atoms with van der Waals surface area (Å²) in [7, 11) is 0. The third kappa shape index (κ3) is 5.85. The Morgan fingerprint density at radius 1 is 1.19 bits per heavy atom. The number of anilines is 1. The van der Waals surface area contributed by atoms with Crippen LogP contribution in [0.2, 0.25) is 0 Å². The van der Waals surface area contributed by atoms with Crippen molar-refractivity contribution in [3.05, 3.63) is 87.4 Å². The minimum Gasteiger partial charge on any atom is -0.476 e. The van der Waals surface area contributed by atoms with Gasteiger partial charge in [0.2, 0.25) is 5.13 Å². The highest BCUT2D eigenvalue weighted by molar-refractivity contribution is 7.80. The lowest BCUT2D eigenvalue weighted by Crippen LogP contribution is -2.07. The number of thiazole rings is 1. The molecule has 0 aliphatic heterocycles. The van der Waals surface area contributed by atoms with Crippen LogP contribution >= 0.6 is 11.3 Å². The molecule has 0 radical (unpaired) electrons. The molecule has 1 aliphatic rings. The third-order valence-corrected chi connectivity index (χ3v) is 8.53. The van der Waals surface area contributed by atoms with Crippen molar-refractivity contribution < 1.29 is 32.0 Å². The number of hydrogen-bond donors (Lipinski definition) is 3. The summed E-state index contributed by atoms with van der Waals surface area (Å²) in [4.78, 5) is 15.9. The van der Waals surface area contributed by atoms with Crippen molar-refractivity contribution in [2.45, 2.75) is 39.5 Å². The Bertz CT molecular complexity index is 1880. The Hall–Kier alpha value is -4.27. The molecule has 1 aliphatic carbocycles. The van der Waals surface area contributed by atoms with E-state index in [0.717, 1.165) is 35.4 Å². The van der Waals surface area contributed by atoms with Crippen LogP contribution in [0.1, 0.15) is 51.6 Å². The second-order valence-corrected chi connectivity index (χ2v) is 11.9. The van der Waals surface area contributed by atoms with Crippen molar-refractivity contribution in [2.24, 2.45) is 5.92 Å². The maximum absolute atomic E-state index is 15.2. The van der Waals surface area contributed by atoms with Gasteiger partial charge in [-0.05, 0) is 74.9 Å². The molecule has 3 heterocycles. The van der Waals surface area contributed by atoms with Gasteiger partial charge in [-0.2, -0.15) is 5.10 Å². The lowest BCUT2D eigenvalue weighted by molar-refractivity contribution is 0.0691. The van der Waals surface area contributed by atoms with Crippen LogP contribution in [0.4, 0.5) is 14.5 Å². The number of hydrogen-bond acceptors (Lipinski definition) is 7. The van der Waals surface area contributed by atoms with Crippen LogP contribution in [-0.4, -0.2) is 39.8 Å². The molecule has 10 nitrogen and oxygen atoms in total. The molecule has 1 saturated carbocycles. The molecule has 0 amide bonds. The summed E-state index contributed by atoms with van der Waals surface area (Å²) in [6, 6.07) is 8.95. The van der Waals surface area contributed by atoms with Crippen LogP contribution in [0.5, 0.6) is 0 Å². The van der Waals surface area contributed by atoms with Crippen molar-refractivity contribution in [1.29, 1.82) is 0 Å². The van der Waals surface area contributed by atoms with E-state index in [-0.39, 0.29) is 17.8 Å². The highest BCUT2D eigenvalue weighted by atomic mass is 32.2. The molecule has 14 heteroatoms. The first-order valence-corrected chi connectivity index (χ1v) is 15.3. The van der Waals surface area contributed by atoms with E-state index in [4.69, 9.17) is 14.2 Å². The van der Waals surface area contributed by atoms with Crippen molar-refractivity contribution >= 4 is 34.3 Å². The van der Waals surface area contributed by atoms with E-state index in [1.165, 1.54) is 23.6 Å². The summed E-state index contributed by atoms with van der Waals surface area (Å²) in [5.41, 5.74) is 4.35. The maximum atomic E-state index is 15.2. The quantitative estimate of drug-likeness (QED) is 0.153. The van der Waals surface area contributed by atoms with Crippen LogP contribution in [0.15, 0.2) is 46.3 Å². The third-order valence-electron chi connectivity index (χ3n) is 7.32. The summed E-state index contributed by atoms with van der Waals surface area (Å²) in [5, 5.41) is 20.2. The van der Waals surface area contributed by atoms with Gasteiger partial charge in [-0.3, -0.25) is 9.27 Å². The monoisotopic (exact) mass is 625 g/mol. The Balaban J connectivity index is 1.53. The number of benzene rings is 2. The van der Waals surface area contributed by atoms with Crippen molar-refractivity contribution in [3.8, 4) is 27.5 Å². The van der Waals surface area contributed by atoms with E-state index < -0.39 is 28.9 Å². The van der Waals surface area contributed by atoms with Gasteiger partial charge in [0.25, 0.3) is 11.3 Å². The fourth-order valence-electron chi connectivity index (χ4n) is 5.11. The number of nitrogens with one attached hydrogen (secondary N) is 1. The van der Waals surface area contributed by atoms with Gasteiger partial charge in [0.1, 0.15) is 17.4 Å². The Labute approximate surface area is 250 Å². The van der Waals surface area contributed by atoms with Crippen molar-refractivity contribution in [2.75, 3.05) is 4.72 Å². The maximum Gasteiger partial charge on any atom is 0.355 e. The Morgan fingerprint density at radius 2 is 1.98 bits per heavy atom.